The summed E-state index contributed by atoms with van der Waals surface area (Å²) in [4.78, 5) is 13.2. The molecule has 0 spiro atoms. The van der Waals surface area contributed by atoms with Crippen LogP contribution in [-0.4, -0.2) is 42.8 Å². The molecule has 1 saturated heterocycles. The molecule has 1 aliphatic rings. The molecule has 0 saturated carbocycles. The minimum atomic E-state index is -0.929. The number of nitrogens with zero attached hydrogens (tertiary/aromatic N) is 1. The van der Waals surface area contributed by atoms with E-state index in [2.05, 4.69) is 4.90 Å². The first-order chi connectivity index (χ1) is 8.60. The van der Waals surface area contributed by atoms with E-state index >= 15 is 0 Å². The summed E-state index contributed by atoms with van der Waals surface area (Å²) in [5, 5.41) is 8.96. The Balaban J connectivity index is 1.94. The largest absolute Gasteiger partial charge is 0.478 e. The van der Waals surface area contributed by atoms with Crippen molar-refractivity contribution in [3.8, 4) is 0 Å². The molecule has 1 aromatic heterocycles. The molecule has 1 aliphatic heterocycles. The quantitative estimate of drug-likeness (QED) is 0.866. The average Bonchev–Trinajstić information content (AvgIpc) is 2.87. The van der Waals surface area contributed by atoms with Crippen LogP contribution < -0.4 is 0 Å². The van der Waals surface area contributed by atoms with Gasteiger partial charge in [-0.2, -0.15) is 0 Å². The SMILES string of the molecule is COCC1CCN(Cc2cc(C(=O)O)c(C)o2)C1. The molecule has 0 aromatic carbocycles. The fourth-order valence-electron chi connectivity index (χ4n) is 2.48. The molecule has 2 rings (SSSR count). The van der Waals surface area contributed by atoms with Crippen molar-refractivity contribution in [1.29, 1.82) is 0 Å². The van der Waals surface area contributed by atoms with Crippen molar-refractivity contribution in [3.63, 3.8) is 0 Å². The summed E-state index contributed by atoms with van der Waals surface area (Å²) in [5.41, 5.74) is 0.262. The van der Waals surface area contributed by atoms with E-state index in [1.54, 1.807) is 20.1 Å². The number of methoxy groups -OCH3 is 1. The van der Waals surface area contributed by atoms with Crippen molar-refractivity contribution in [2.75, 3.05) is 26.8 Å². The topological polar surface area (TPSA) is 62.9 Å². The van der Waals surface area contributed by atoms with Crippen LogP contribution >= 0.6 is 0 Å². The standard InChI is InChI=1S/C13H19NO4/c1-9-12(13(15)16)5-11(18-9)7-14-4-3-10(6-14)8-17-2/h5,10H,3-4,6-8H2,1-2H3,(H,15,16). The molecule has 18 heavy (non-hydrogen) atoms. The van der Waals surface area contributed by atoms with Gasteiger partial charge in [-0.3, -0.25) is 4.90 Å². The molecule has 100 valence electrons. The van der Waals surface area contributed by atoms with Crippen LogP contribution in [0.3, 0.4) is 0 Å². The Bertz CT molecular complexity index is 427. The predicted octanol–water partition coefficient (Wildman–Crippen LogP) is 1.75. The van der Waals surface area contributed by atoms with Gasteiger partial charge in [-0.25, -0.2) is 4.79 Å². The first-order valence-electron chi connectivity index (χ1n) is 6.14. The zero-order chi connectivity index (χ0) is 13.1. The normalized spacial score (nSPS) is 20.4. The van der Waals surface area contributed by atoms with E-state index in [1.165, 1.54) is 0 Å². The second-order valence-electron chi connectivity index (χ2n) is 4.83. The molecule has 5 heteroatoms. The minimum absolute atomic E-state index is 0.262. The first-order valence-corrected chi connectivity index (χ1v) is 6.14. The molecule has 2 heterocycles. The molecule has 0 amide bonds. The van der Waals surface area contributed by atoms with Crippen molar-refractivity contribution in [2.45, 2.75) is 19.9 Å². The van der Waals surface area contributed by atoms with Gasteiger partial charge in [0.05, 0.1) is 13.2 Å². The Kier molecular flexibility index (Phi) is 4.04. The third-order valence-electron chi connectivity index (χ3n) is 3.35. The highest BCUT2D eigenvalue weighted by Crippen LogP contribution is 2.21. The molecule has 0 bridgehead atoms. The Morgan fingerprint density at radius 2 is 2.44 bits per heavy atom. The third kappa shape index (κ3) is 2.91. The summed E-state index contributed by atoms with van der Waals surface area (Å²) in [6.45, 7) is 5.14. The maximum atomic E-state index is 10.9. The van der Waals surface area contributed by atoms with Crippen LogP contribution in [0.15, 0.2) is 10.5 Å². The van der Waals surface area contributed by atoms with Gasteiger partial charge in [0.25, 0.3) is 0 Å². The highest BCUT2D eigenvalue weighted by atomic mass is 16.5. The zero-order valence-electron chi connectivity index (χ0n) is 10.8. The van der Waals surface area contributed by atoms with Crippen LogP contribution in [0.1, 0.15) is 28.3 Å². The van der Waals surface area contributed by atoms with Gasteiger partial charge < -0.3 is 14.3 Å². The minimum Gasteiger partial charge on any atom is -0.478 e. The zero-order valence-corrected chi connectivity index (χ0v) is 10.8. The van der Waals surface area contributed by atoms with Gasteiger partial charge in [-0.1, -0.05) is 0 Å². The Morgan fingerprint density at radius 1 is 1.67 bits per heavy atom. The molecular formula is C13H19NO4. The average molecular weight is 253 g/mol. The van der Waals surface area contributed by atoms with E-state index in [9.17, 15) is 4.79 Å². The van der Waals surface area contributed by atoms with Crippen LogP contribution in [0.4, 0.5) is 0 Å². The predicted molar refractivity (Wildman–Crippen MR) is 65.7 cm³/mol. The number of carboxylic acid groups (broad SMARTS) is 1. The van der Waals surface area contributed by atoms with Gasteiger partial charge in [-0.05, 0) is 31.9 Å². The van der Waals surface area contributed by atoms with E-state index in [0.717, 1.165) is 31.9 Å². The summed E-state index contributed by atoms with van der Waals surface area (Å²) in [5.74, 6) is 0.847. The Labute approximate surface area is 106 Å². The second kappa shape index (κ2) is 5.54. The molecule has 0 aliphatic carbocycles. The summed E-state index contributed by atoms with van der Waals surface area (Å²) < 4.78 is 10.6. The number of aromatic carboxylic acids is 1. The van der Waals surface area contributed by atoms with Crippen LogP contribution in [0.5, 0.6) is 0 Å². The van der Waals surface area contributed by atoms with Crippen LogP contribution in [-0.2, 0) is 11.3 Å². The van der Waals surface area contributed by atoms with Gasteiger partial charge in [0, 0.05) is 13.7 Å². The maximum absolute atomic E-state index is 10.9. The molecule has 5 nitrogen and oxygen atoms in total. The van der Waals surface area contributed by atoms with Gasteiger partial charge in [0.2, 0.25) is 0 Å². The van der Waals surface area contributed by atoms with Gasteiger partial charge in [0.15, 0.2) is 0 Å². The number of hydrogen-bond acceptors (Lipinski definition) is 4. The first kappa shape index (κ1) is 13.1. The fourth-order valence-corrected chi connectivity index (χ4v) is 2.48. The highest BCUT2D eigenvalue weighted by molar-refractivity contribution is 5.88. The summed E-state index contributed by atoms with van der Waals surface area (Å²) in [7, 11) is 1.72. The summed E-state index contributed by atoms with van der Waals surface area (Å²) in [6.07, 6.45) is 1.12. The number of hydrogen-bond donors (Lipinski definition) is 1. The smallest absolute Gasteiger partial charge is 0.339 e. The van der Waals surface area contributed by atoms with Crippen molar-refractivity contribution in [2.24, 2.45) is 5.92 Å². The van der Waals surface area contributed by atoms with Crippen LogP contribution in [0.2, 0.25) is 0 Å². The highest BCUT2D eigenvalue weighted by Gasteiger charge is 2.24. The molecular weight excluding hydrogens is 234 g/mol. The van der Waals surface area contributed by atoms with Crippen molar-refractivity contribution in [3.05, 3.63) is 23.2 Å². The fraction of sp³-hybridized carbons (Fsp3) is 0.615. The lowest BCUT2D eigenvalue weighted by atomic mass is 10.1. The lowest BCUT2D eigenvalue weighted by Crippen LogP contribution is -2.21. The lowest BCUT2D eigenvalue weighted by Gasteiger charge is -2.13. The van der Waals surface area contributed by atoms with Gasteiger partial charge >= 0.3 is 5.97 Å². The maximum Gasteiger partial charge on any atom is 0.339 e. The molecule has 1 aromatic rings. The number of carbonyl (C=O) groups is 1. The van der Waals surface area contributed by atoms with Crippen molar-refractivity contribution in [1.82, 2.24) is 4.90 Å². The van der Waals surface area contributed by atoms with E-state index in [0.29, 0.717) is 18.2 Å². The van der Waals surface area contributed by atoms with Crippen molar-refractivity contribution < 1.29 is 19.1 Å². The Hall–Kier alpha value is -1.33. The van der Waals surface area contributed by atoms with Gasteiger partial charge in [-0.15, -0.1) is 0 Å². The molecule has 1 fully saturated rings. The molecule has 1 unspecified atom stereocenters. The molecule has 0 radical (unpaired) electrons. The van der Waals surface area contributed by atoms with E-state index in [4.69, 9.17) is 14.3 Å². The number of furan rings is 1. The number of likely N-dealkylation sites (tertiary alicyclic amines) is 1. The van der Waals surface area contributed by atoms with Crippen LogP contribution in [0.25, 0.3) is 0 Å². The third-order valence-corrected chi connectivity index (χ3v) is 3.35. The molecule has 1 atom stereocenters. The summed E-state index contributed by atoms with van der Waals surface area (Å²) in [6, 6.07) is 1.63. The van der Waals surface area contributed by atoms with Crippen LogP contribution in [0, 0.1) is 12.8 Å². The summed E-state index contributed by atoms with van der Waals surface area (Å²) >= 11 is 0. The van der Waals surface area contributed by atoms with E-state index < -0.39 is 5.97 Å². The second-order valence-corrected chi connectivity index (χ2v) is 4.83. The molecule has 1 N–H and O–H groups in total. The number of rotatable bonds is 5. The number of ether oxygens (including phenoxy) is 1. The van der Waals surface area contributed by atoms with E-state index in [1.807, 2.05) is 0 Å². The number of carboxylic acids is 1. The monoisotopic (exact) mass is 253 g/mol. The number of aryl methyl sites for hydroxylation is 1. The van der Waals surface area contributed by atoms with Gasteiger partial charge in [0.1, 0.15) is 17.1 Å². The van der Waals surface area contributed by atoms with Crippen molar-refractivity contribution >= 4 is 5.97 Å². The lowest BCUT2D eigenvalue weighted by molar-refractivity contribution is 0.0695. The van der Waals surface area contributed by atoms with E-state index in [-0.39, 0.29) is 5.56 Å². The Morgan fingerprint density at radius 3 is 3.06 bits per heavy atom.